The summed E-state index contributed by atoms with van der Waals surface area (Å²) in [4.78, 5) is 25.8. The Balaban J connectivity index is 1.23. The summed E-state index contributed by atoms with van der Waals surface area (Å²) in [6.45, 7) is 0. The number of esters is 1. The minimum atomic E-state index is -0.514. The van der Waals surface area contributed by atoms with Crippen molar-refractivity contribution in [2.24, 2.45) is 5.10 Å². The second kappa shape index (κ2) is 9.56. The standard InChI is InChI=1S/C25H14Cl2N2O3S2/c26-20-16-5-1-3-7-18(16)33-22(20)24(30)29-28-13-14-9-11-15(12-10-14)32-25(31)23-21(27)17-6-2-4-8-19(17)34-23/h1-13H,(H,29,30)/b28-13+. The zero-order valence-electron chi connectivity index (χ0n) is 17.2. The van der Waals surface area contributed by atoms with Crippen molar-refractivity contribution in [3.63, 3.8) is 0 Å². The number of hydrogen-bond acceptors (Lipinski definition) is 6. The lowest BCUT2D eigenvalue weighted by Gasteiger charge is -2.03. The van der Waals surface area contributed by atoms with Gasteiger partial charge in [-0.3, -0.25) is 4.79 Å². The highest BCUT2D eigenvalue weighted by molar-refractivity contribution is 7.22. The number of hydrazone groups is 1. The van der Waals surface area contributed by atoms with E-state index >= 15 is 0 Å². The normalized spacial score (nSPS) is 11.4. The molecule has 5 rings (SSSR count). The monoisotopic (exact) mass is 524 g/mol. The molecule has 9 heteroatoms. The second-order valence-electron chi connectivity index (χ2n) is 7.14. The van der Waals surface area contributed by atoms with Crippen LogP contribution in [0.3, 0.4) is 0 Å². The third-order valence-electron chi connectivity index (χ3n) is 4.93. The van der Waals surface area contributed by atoms with Crippen molar-refractivity contribution in [2.45, 2.75) is 0 Å². The van der Waals surface area contributed by atoms with Gasteiger partial charge in [0.1, 0.15) is 15.5 Å². The molecular formula is C25H14Cl2N2O3S2. The molecule has 0 bridgehead atoms. The van der Waals surface area contributed by atoms with Crippen molar-refractivity contribution in [3.8, 4) is 5.75 Å². The van der Waals surface area contributed by atoms with Gasteiger partial charge in [-0.2, -0.15) is 5.10 Å². The molecule has 2 heterocycles. The number of nitrogens with one attached hydrogen (secondary N) is 1. The van der Waals surface area contributed by atoms with E-state index in [1.807, 2.05) is 48.5 Å². The van der Waals surface area contributed by atoms with Crippen molar-refractivity contribution in [1.29, 1.82) is 0 Å². The number of amides is 1. The fraction of sp³-hybridized carbons (Fsp3) is 0. The van der Waals surface area contributed by atoms with Gasteiger partial charge in [-0.25, -0.2) is 10.2 Å². The molecule has 1 N–H and O–H groups in total. The van der Waals surface area contributed by atoms with E-state index in [2.05, 4.69) is 10.5 Å². The van der Waals surface area contributed by atoms with Crippen LogP contribution in [0.2, 0.25) is 10.0 Å². The van der Waals surface area contributed by atoms with Gasteiger partial charge in [-0.1, -0.05) is 59.6 Å². The lowest BCUT2D eigenvalue weighted by molar-refractivity contribution is 0.0739. The van der Waals surface area contributed by atoms with Crippen molar-refractivity contribution in [2.75, 3.05) is 0 Å². The first-order valence-electron chi connectivity index (χ1n) is 10.0. The van der Waals surface area contributed by atoms with Crippen molar-refractivity contribution in [3.05, 3.63) is 98.2 Å². The van der Waals surface area contributed by atoms with Gasteiger partial charge in [0, 0.05) is 20.2 Å². The number of benzene rings is 3. The number of thiophene rings is 2. The van der Waals surface area contributed by atoms with Crippen LogP contribution >= 0.6 is 45.9 Å². The third-order valence-corrected chi connectivity index (χ3v) is 8.26. The van der Waals surface area contributed by atoms with Crippen LogP contribution in [-0.4, -0.2) is 18.1 Å². The zero-order chi connectivity index (χ0) is 23.7. The van der Waals surface area contributed by atoms with Crippen LogP contribution in [-0.2, 0) is 0 Å². The number of ether oxygens (including phenoxy) is 1. The Labute approximate surface area is 212 Å². The lowest BCUT2D eigenvalue weighted by atomic mass is 10.2. The van der Waals surface area contributed by atoms with Gasteiger partial charge >= 0.3 is 5.97 Å². The maximum Gasteiger partial charge on any atom is 0.355 e. The first-order valence-corrected chi connectivity index (χ1v) is 12.4. The molecule has 0 saturated heterocycles. The summed E-state index contributed by atoms with van der Waals surface area (Å²) in [7, 11) is 0. The average Bonchev–Trinajstić information content (AvgIpc) is 3.37. The molecule has 34 heavy (non-hydrogen) atoms. The van der Waals surface area contributed by atoms with Crippen LogP contribution in [0.5, 0.6) is 5.75 Å². The predicted octanol–water partition coefficient (Wildman–Crippen LogP) is 7.41. The lowest BCUT2D eigenvalue weighted by Crippen LogP contribution is -2.16. The molecule has 168 valence electrons. The number of carbonyl (C=O) groups excluding carboxylic acids is 2. The van der Waals surface area contributed by atoms with Gasteiger partial charge in [-0.15, -0.1) is 22.7 Å². The Morgan fingerprint density at radius 1 is 0.794 bits per heavy atom. The number of fused-ring (bicyclic) bond motifs is 2. The number of halogens is 2. The fourth-order valence-corrected chi connectivity index (χ4v) is 6.09. The largest absolute Gasteiger partial charge is 0.422 e. The first-order chi connectivity index (χ1) is 16.5. The van der Waals surface area contributed by atoms with E-state index < -0.39 is 5.97 Å². The summed E-state index contributed by atoms with van der Waals surface area (Å²) < 4.78 is 7.32. The summed E-state index contributed by atoms with van der Waals surface area (Å²) in [5.41, 5.74) is 3.20. The van der Waals surface area contributed by atoms with E-state index in [1.165, 1.54) is 28.9 Å². The maximum absolute atomic E-state index is 12.6. The summed E-state index contributed by atoms with van der Waals surface area (Å²) >= 11 is 15.3. The Hall–Kier alpha value is -3.23. The van der Waals surface area contributed by atoms with Gasteiger partial charge in [0.05, 0.1) is 16.3 Å². The topological polar surface area (TPSA) is 67.8 Å². The average molecular weight is 525 g/mol. The molecule has 0 fully saturated rings. The molecule has 0 spiro atoms. The summed E-state index contributed by atoms with van der Waals surface area (Å²) in [6, 6.07) is 21.8. The Bertz CT molecular complexity index is 1570. The highest BCUT2D eigenvalue weighted by atomic mass is 35.5. The highest BCUT2D eigenvalue weighted by Gasteiger charge is 2.19. The summed E-state index contributed by atoms with van der Waals surface area (Å²) in [6.07, 6.45) is 1.49. The first kappa shape index (κ1) is 22.6. The fourth-order valence-electron chi connectivity index (χ4n) is 3.30. The third kappa shape index (κ3) is 4.43. The number of carbonyl (C=O) groups is 2. The number of hydrogen-bond donors (Lipinski definition) is 1. The minimum Gasteiger partial charge on any atom is -0.422 e. The van der Waals surface area contributed by atoms with Crippen LogP contribution in [0.25, 0.3) is 20.2 Å². The Morgan fingerprint density at radius 3 is 1.97 bits per heavy atom. The van der Waals surface area contributed by atoms with Crippen LogP contribution < -0.4 is 10.2 Å². The van der Waals surface area contributed by atoms with Crippen molar-refractivity contribution in [1.82, 2.24) is 5.43 Å². The quantitative estimate of drug-likeness (QED) is 0.113. The van der Waals surface area contributed by atoms with Crippen LogP contribution in [0.1, 0.15) is 24.9 Å². The highest BCUT2D eigenvalue weighted by Crippen LogP contribution is 2.36. The van der Waals surface area contributed by atoms with E-state index in [9.17, 15) is 9.59 Å². The van der Waals surface area contributed by atoms with Crippen LogP contribution in [0.15, 0.2) is 77.9 Å². The summed E-state index contributed by atoms with van der Waals surface area (Å²) in [5.74, 6) is -0.523. The molecule has 0 aliphatic carbocycles. The minimum absolute atomic E-state index is 0.358. The molecule has 2 aromatic heterocycles. The molecular weight excluding hydrogens is 511 g/mol. The molecule has 1 amide bonds. The van der Waals surface area contributed by atoms with Crippen LogP contribution in [0, 0.1) is 0 Å². The van der Waals surface area contributed by atoms with Gasteiger partial charge in [0.25, 0.3) is 5.91 Å². The van der Waals surface area contributed by atoms with Gasteiger partial charge in [0.15, 0.2) is 0 Å². The van der Waals surface area contributed by atoms with Gasteiger partial charge in [-0.05, 0) is 42.0 Å². The number of nitrogens with zero attached hydrogens (tertiary/aromatic N) is 1. The second-order valence-corrected chi connectivity index (χ2v) is 10.0. The van der Waals surface area contributed by atoms with Crippen molar-refractivity contribution < 1.29 is 14.3 Å². The maximum atomic E-state index is 12.6. The van der Waals surface area contributed by atoms with Gasteiger partial charge < -0.3 is 4.74 Å². The molecule has 0 radical (unpaired) electrons. The molecule has 0 aliphatic rings. The molecule has 0 atom stereocenters. The SMILES string of the molecule is O=C(N/N=C/c1ccc(OC(=O)c2sc3ccccc3c2Cl)cc1)c1sc2ccccc2c1Cl. The van der Waals surface area contributed by atoms with E-state index in [1.54, 1.807) is 24.3 Å². The number of rotatable bonds is 5. The molecule has 0 saturated carbocycles. The van der Waals surface area contributed by atoms with E-state index in [-0.39, 0.29) is 5.91 Å². The molecule has 0 unspecified atom stereocenters. The Kier molecular flexibility index (Phi) is 6.34. The smallest absolute Gasteiger partial charge is 0.355 e. The van der Waals surface area contributed by atoms with Crippen LogP contribution in [0.4, 0.5) is 0 Å². The molecule has 5 aromatic rings. The molecule has 0 aliphatic heterocycles. The molecule has 3 aromatic carbocycles. The summed E-state index contributed by atoms with van der Waals surface area (Å²) in [5, 5.41) is 6.47. The predicted molar refractivity (Wildman–Crippen MR) is 140 cm³/mol. The van der Waals surface area contributed by atoms with Gasteiger partial charge in [0.2, 0.25) is 0 Å². The Morgan fingerprint density at radius 2 is 1.35 bits per heavy atom. The van der Waals surface area contributed by atoms with Crippen molar-refractivity contribution >= 4 is 84.1 Å². The molecule has 5 nitrogen and oxygen atoms in total. The van der Waals surface area contributed by atoms with E-state index in [0.717, 1.165) is 20.2 Å². The van der Waals surface area contributed by atoms with E-state index in [4.69, 9.17) is 27.9 Å². The zero-order valence-corrected chi connectivity index (χ0v) is 20.4. The van der Waals surface area contributed by atoms with E-state index in [0.29, 0.717) is 31.1 Å².